The second-order valence-corrected chi connectivity index (χ2v) is 16.5. The number of nitrogens with one attached hydrogen (secondary N) is 1. The maximum absolute atomic E-state index is 13.7. The van der Waals surface area contributed by atoms with Crippen molar-refractivity contribution in [1.29, 1.82) is 0 Å². The fraction of sp³-hybridized carbons (Fsp3) is 0.375. The summed E-state index contributed by atoms with van der Waals surface area (Å²) in [6.07, 6.45) is 0. The van der Waals surface area contributed by atoms with E-state index < -0.39 is 25.6 Å². The average molecular weight is 546 g/mol. The van der Waals surface area contributed by atoms with Crippen molar-refractivity contribution in [3.63, 3.8) is 0 Å². The quantitative estimate of drug-likeness (QED) is 0.298. The molecule has 2 aromatic carbocycles. The van der Waals surface area contributed by atoms with Gasteiger partial charge >= 0.3 is 6.03 Å². The minimum Gasteiger partial charge on any atom is -0.508 e. The number of fused-ring (bicyclic) bond motifs is 1. The highest BCUT2D eigenvalue weighted by molar-refractivity contribution is 9.10. The number of benzene rings is 2. The van der Waals surface area contributed by atoms with E-state index in [4.69, 9.17) is 4.74 Å². The smallest absolute Gasteiger partial charge is 0.327 e. The molecular weight excluding hydrogens is 518 g/mol. The van der Waals surface area contributed by atoms with Crippen molar-refractivity contribution in [1.82, 2.24) is 15.1 Å². The molecule has 0 spiro atoms. The second-order valence-electron chi connectivity index (χ2n) is 9.93. The Bertz CT molecular complexity index is 1130. The molecule has 4 amide bonds. The number of carbonyl (C=O) groups is 3. The number of carbonyl (C=O) groups excluding carboxylic acids is 3. The predicted molar refractivity (Wildman–Crippen MR) is 133 cm³/mol. The third kappa shape index (κ3) is 4.75. The molecule has 180 valence electrons. The van der Waals surface area contributed by atoms with Crippen LogP contribution in [0.5, 0.6) is 5.75 Å². The molecule has 34 heavy (non-hydrogen) atoms. The number of aromatic hydroxyl groups is 1. The summed E-state index contributed by atoms with van der Waals surface area (Å²) in [4.78, 5) is 42.3. The highest BCUT2D eigenvalue weighted by Gasteiger charge is 2.54. The van der Waals surface area contributed by atoms with E-state index in [2.05, 4.69) is 40.9 Å². The van der Waals surface area contributed by atoms with E-state index in [0.717, 1.165) is 21.0 Å². The summed E-state index contributed by atoms with van der Waals surface area (Å²) in [7, 11) is -1.32. The number of rotatable bonds is 8. The van der Waals surface area contributed by atoms with Crippen molar-refractivity contribution in [2.24, 2.45) is 0 Å². The number of imide groups is 1. The maximum Gasteiger partial charge on any atom is 0.327 e. The number of halogens is 1. The lowest BCUT2D eigenvalue weighted by Crippen LogP contribution is -2.53. The number of urea groups is 1. The van der Waals surface area contributed by atoms with Gasteiger partial charge < -0.3 is 20.1 Å². The number of hydrogen-bond donors (Lipinski definition) is 2. The summed E-state index contributed by atoms with van der Waals surface area (Å²) >= 11 is 3.40. The Kier molecular flexibility index (Phi) is 6.58. The molecule has 10 heteroatoms. The third-order valence-electron chi connectivity index (χ3n) is 6.13. The van der Waals surface area contributed by atoms with Crippen molar-refractivity contribution in [3.8, 4) is 5.75 Å². The Morgan fingerprint density at radius 1 is 1.12 bits per heavy atom. The molecule has 1 atom stereocenters. The fourth-order valence-electron chi connectivity index (χ4n) is 4.17. The van der Waals surface area contributed by atoms with Gasteiger partial charge in [0.25, 0.3) is 11.8 Å². The van der Waals surface area contributed by atoms with E-state index >= 15 is 0 Å². The summed E-state index contributed by atoms with van der Waals surface area (Å²) in [5.74, 6) is -0.753. The number of phenols is 1. The zero-order valence-electron chi connectivity index (χ0n) is 19.4. The van der Waals surface area contributed by atoms with E-state index in [0.29, 0.717) is 17.7 Å². The summed E-state index contributed by atoms with van der Waals surface area (Å²) < 4.78 is 6.53. The second kappa shape index (κ2) is 9.16. The van der Waals surface area contributed by atoms with Crippen LogP contribution in [0.15, 0.2) is 46.9 Å². The first-order valence-corrected chi connectivity index (χ1v) is 15.6. The van der Waals surface area contributed by atoms with E-state index in [1.54, 1.807) is 30.3 Å². The zero-order valence-corrected chi connectivity index (χ0v) is 22.0. The minimum atomic E-state index is -1.44. The molecule has 0 radical (unpaired) electrons. The lowest BCUT2D eigenvalue weighted by atomic mass is 9.89. The van der Waals surface area contributed by atoms with Gasteiger partial charge in [-0.2, -0.15) is 0 Å². The average Bonchev–Trinajstić information content (AvgIpc) is 3.19. The van der Waals surface area contributed by atoms with Crippen molar-refractivity contribution in [2.45, 2.75) is 37.8 Å². The van der Waals surface area contributed by atoms with Crippen LogP contribution in [-0.2, 0) is 21.6 Å². The topological polar surface area (TPSA) is 99.2 Å². The largest absolute Gasteiger partial charge is 0.508 e. The van der Waals surface area contributed by atoms with Gasteiger partial charge in [0, 0.05) is 31.3 Å². The van der Waals surface area contributed by atoms with Gasteiger partial charge in [0.1, 0.15) is 12.5 Å². The highest BCUT2D eigenvalue weighted by atomic mass is 79.9. The molecule has 1 fully saturated rings. The molecule has 2 aromatic rings. The van der Waals surface area contributed by atoms with Gasteiger partial charge in [-0.05, 0) is 41.4 Å². The number of amides is 4. The van der Waals surface area contributed by atoms with Crippen LogP contribution < -0.4 is 5.32 Å². The van der Waals surface area contributed by atoms with Gasteiger partial charge in [0.05, 0.1) is 6.54 Å². The van der Waals surface area contributed by atoms with Crippen LogP contribution in [0, 0.1) is 0 Å². The molecule has 0 unspecified atom stereocenters. The molecular formula is C24H28BrN3O5Si. The Morgan fingerprint density at radius 2 is 1.82 bits per heavy atom. The molecule has 2 aliphatic rings. The van der Waals surface area contributed by atoms with E-state index in [9.17, 15) is 19.5 Å². The van der Waals surface area contributed by atoms with Gasteiger partial charge in [-0.25, -0.2) is 9.69 Å². The van der Waals surface area contributed by atoms with E-state index in [-0.39, 0.29) is 31.5 Å². The number of hydrogen-bond acceptors (Lipinski definition) is 5. The van der Waals surface area contributed by atoms with Crippen LogP contribution in [-0.4, -0.2) is 60.7 Å². The fourth-order valence-corrected chi connectivity index (χ4v) is 5.19. The van der Waals surface area contributed by atoms with Crippen LogP contribution >= 0.6 is 15.9 Å². The summed E-state index contributed by atoms with van der Waals surface area (Å²) in [5.41, 5.74) is 0.288. The lowest BCUT2D eigenvalue weighted by Gasteiger charge is -2.32. The summed E-state index contributed by atoms with van der Waals surface area (Å²) in [6.45, 7) is 7.26. The molecule has 2 N–H and O–H groups in total. The number of phenolic OH excluding ortho intramolecular Hbond substituents is 1. The summed E-state index contributed by atoms with van der Waals surface area (Å²) in [6, 6.07) is 12.1. The Hall–Kier alpha value is -2.69. The van der Waals surface area contributed by atoms with Gasteiger partial charge in [0.15, 0.2) is 5.54 Å². The first-order chi connectivity index (χ1) is 16.0. The first kappa shape index (κ1) is 24.4. The molecule has 8 nitrogen and oxygen atoms in total. The monoisotopic (exact) mass is 545 g/mol. The van der Waals surface area contributed by atoms with E-state index in [1.165, 1.54) is 17.0 Å². The van der Waals surface area contributed by atoms with Crippen molar-refractivity contribution in [2.75, 3.05) is 19.9 Å². The van der Waals surface area contributed by atoms with Crippen molar-refractivity contribution in [3.05, 3.63) is 63.6 Å². The molecule has 1 saturated heterocycles. The van der Waals surface area contributed by atoms with Crippen LogP contribution in [0.3, 0.4) is 0 Å². The molecule has 4 rings (SSSR count). The minimum absolute atomic E-state index is 0.00320. The molecule has 0 aliphatic carbocycles. The molecule has 0 saturated carbocycles. The van der Waals surface area contributed by atoms with Gasteiger partial charge in [-0.1, -0.05) is 53.8 Å². The number of nitrogens with zero attached hydrogens (tertiary/aromatic N) is 2. The first-order valence-electron chi connectivity index (χ1n) is 11.1. The Labute approximate surface area is 208 Å². The summed E-state index contributed by atoms with van der Waals surface area (Å²) in [5, 5.41) is 12.7. The standard InChI is InChI=1S/C24H28BrN3O5Si/c1-34(2,3)11-10-33-15-28-22(31)24(26-23(28)32,17-5-7-18(25)8-6-17)14-27-13-16-4-9-19(29)12-20(16)21(27)30/h4-9,12,29H,10-11,13-15H2,1-3H3,(H,26,32)/t24-/m0/s1. The van der Waals surface area contributed by atoms with E-state index in [1.807, 2.05) is 0 Å². The van der Waals surface area contributed by atoms with Gasteiger partial charge in [-0.3, -0.25) is 9.59 Å². The molecule has 0 aromatic heterocycles. The van der Waals surface area contributed by atoms with Crippen LogP contribution in [0.1, 0.15) is 21.5 Å². The van der Waals surface area contributed by atoms with Crippen LogP contribution in [0.2, 0.25) is 25.7 Å². The zero-order chi connectivity index (χ0) is 24.7. The number of ether oxygens (including phenoxy) is 1. The normalized spacial score (nSPS) is 20.2. The molecule has 2 aliphatic heterocycles. The van der Waals surface area contributed by atoms with Crippen molar-refractivity contribution >= 4 is 41.8 Å². The predicted octanol–water partition coefficient (Wildman–Crippen LogP) is 3.87. The van der Waals surface area contributed by atoms with Crippen LogP contribution in [0.4, 0.5) is 4.79 Å². The molecule has 0 bridgehead atoms. The van der Waals surface area contributed by atoms with Crippen molar-refractivity contribution < 1.29 is 24.2 Å². The van der Waals surface area contributed by atoms with Crippen LogP contribution in [0.25, 0.3) is 0 Å². The van der Waals surface area contributed by atoms with Gasteiger partial charge in [-0.15, -0.1) is 0 Å². The SMILES string of the molecule is C[Si](C)(C)CCOCN1C(=O)N[C@@](CN2Cc3ccc(O)cc3C2=O)(c2ccc(Br)cc2)C1=O. The van der Waals surface area contributed by atoms with Gasteiger partial charge in [0.2, 0.25) is 0 Å². The third-order valence-corrected chi connectivity index (χ3v) is 8.36. The Morgan fingerprint density at radius 3 is 2.50 bits per heavy atom. The highest BCUT2D eigenvalue weighted by Crippen LogP contribution is 2.35. The lowest BCUT2D eigenvalue weighted by molar-refractivity contribution is -0.135. The Balaban J connectivity index is 1.60. The maximum atomic E-state index is 13.7. The molecule has 2 heterocycles.